The predicted molar refractivity (Wildman–Crippen MR) is 76.3 cm³/mol. The Balaban J connectivity index is 2.36. The zero-order chi connectivity index (χ0) is 14.3. The molecule has 0 aliphatic heterocycles. The Morgan fingerprint density at radius 1 is 1.16 bits per heavy atom. The molecule has 0 saturated carbocycles. The number of ketones is 1. The van der Waals surface area contributed by atoms with Crippen LogP contribution in [-0.4, -0.2) is 18.5 Å². The summed E-state index contributed by atoms with van der Waals surface area (Å²) in [5.74, 6) is 1.10. The van der Waals surface area contributed by atoms with Crippen LogP contribution in [0.15, 0.2) is 24.3 Å². The first-order valence-corrected chi connectivity index (χ1v) is 6.89. The van der Waals surface area contributed by atoms with Gasteiger partial charge < -0.3 is 9.47 Å². The van der Waals surface area contributed by atoms with Crippen LogP contribution in [0.25, 0.3) is 0 Å². The van der Waals surface area contributed by atoms with Gasteiger partial charge in [-0.25, -0.2) is 0 Å². The molecule has 0 aliphatic rings. The molecule has 0 heterocycles. The molecule has 0 spiro atoms. The van der Waals surface area contributed by atoms with E-state index in [0.29, 0.717) is 19.6 Å². The smallest absolute Gasteiger partial charge is 0.137 e. The van der Waals surface area contributed by atoms with E-state index in [1.165, 1.54) is 0 Å². The van der Waals surface area contributed by atoms with E-state index < -0.39 is 0 Å². The van der Waals surface area contributed by atoms with Crippen LogP contribution in [0.4, 0.5) is 0 Å². The number of carbonyl (C=O) groups is 1. The van der Waals surface area contributed by atoms with E-state index in [9.17, 15) is 4.79 Å². The lowest BCUT2D eigenvalue weighted by atomic mass is 10.1. The molecule has 3 nitrogen and oxygen atoms in total. The molecule has 0 amide bonds. The summed E-state index contributed by atoms with van der Waals surface area (Å²) >= 11 is 0. The topological polar surface area (TPSA) is 35.5 Å². The van der Waals surface area contributed by atoms with Crippen molar-refractivity contribution in [3.05, 3.63) is 29.8 Å². The van der Waals surface area contributed by atoms with Gasteiger partial charge in [0.05, 0.1) is 19.3 Å². The van der Waals surface area contributed by atoms with Gasteiger partial charge in [0.1, 0.15) is 11.5 Å². The zero-order valence-corrected chi connectivity index (χ0v) is 12.3. The van der Waals surface area contributed by atoms with Crippen molar-refractivity contribution in [3.63, 3.8) is 0 Å². The summed E-state index contributed by atoms with van der Waals surface area (Å²) in [6.45, 7) is 8.81. The van der Waals surface area contributed by atoms with Gasteiger partial charge in [0.15, 0.2) is 0 Å². The molecule has 3 heteroatoms. The Morgan fingerprint density at radius 2 is 1.79 bits per heavy atom. The van der Waals surface area contributed by atoms with Gasteiger partial charge in [0, 0.05) is 12.3 Å². The molecule has 0 N–H and O–H groups in total. The highest BCUT2D eigenvalue weighted by Crippen LogP contribution is 2.14. The molecule has 0 fully saturated rings. The fourth-order valence-corrected chi connectivity index (χ4v) is 1.73. The Labute approximate surface area is 115 Å². The number of ether oxygens (including phenoxy) is 2. The maximum absolute atomic E-state index is 11.4. The minimum atomic E-state index is -0.0199. The second-order valence-corrected chi connectivity index (χ2v) is 5.05. The highest BCUT2D eigenvalue weighted by Gasteiger charge is 2.10. The number of hydrogen-bond donors (Lipinski definition) is 0. The molecule has 0 bridgehead atoms. The van der Waals surface area contributed by atoms with Gasteiger partial charge in [-0.1, -0.05) is 26.0 Å². The van der Waals surface area contributed by atoms with Gasteiger partial charge in [0.25, 0.3) is 0 Å². The Bertz CT molecular complexity index is 381. The number of hydrogen-bond acceptors (Lipinski definition) is 3. The van der Waals surface area contributed by atoms with Gasteiger partial charge in [-0.15, -0.1) is 0 Å². The minimum Gasteiger partial charge on any atom is -0.491 e. The molecular formula is C16H24O3. The van der Waals surface area contributed by atoms with Crippen molar-refractivity contribution >= 4 is 5.78 Å². The molecule has 0 aromatic heterocycles. The lowest BCUT2D eigenvalue weighted by Crippen LogP contribution is -2.15. The van der Waals surface area contributed by atoms with Crippen LogP contribution < -0.4 is 4.74 Å². The molecule has 1 unspecified atom stereocenters. The van der Waals surface area contributed by atoms with Gasteiger partial charge in [-0.2, -0.15) is 0 Å². The summed E-state index contributed by atoms with van der Waals surface area (Å²) in [6, 6.07) is 7.87. The highest BCUT2D eigenvalue weighted by atomic mass is 16.5. The molecule has 0 aliphatic carbocycles. The van der Waals surface area contributed by atoms with E-state index >= 15 is 0 Å². The molecular weight excluding hydrogens is 240 g/mol. The van der Waals surface area contributed by atoms with E-state index in [0.717, 1.165) is 11.3 Å². The molecule has 1 aromatic carbocycles. The fourth-order valence-electron chi connectivity index (χ4n) is 1.73. The maximum Gasteiger partial charge on any atom is 0.137 e. The van der Waals surface area contributed by atoms with Crippen molar-refractivity contribution in [1.29, 1.82) is 0 Å². The zero-order valence-electron chi connectivity index (χ0n) is 12.3. The first-order chi connectivity index (χ1) is 9.02. The largest absolute Gasteiger partial charge is 0.491 e. The van der Waals surface area contributed by atoms with Crippen molar-refractivity contribution in [1.82, 2.24) is 0 Å². The highest BCUT2D eigenvalue weighted by molar-refractivity contribution is 5.80. The summed E-state index contributed by atoms with van der Waals surface area (Å²) in [7, 11) is 0. The van der Waals surface area contributed by atoms with Crippen LogP contribution in [0, 0.1) is 5.92 Å². The third kappa shape index (κ3) is 5.88. The lowest BCUT2D eigenvalue weighted by molar-refractivity contribution is -0.124. The molecule has 1 rings (SSSR count). The number of Topliss-reactive ketones (excluding diaryl/α,β-unsaturated/α-hetero) is 1. The summed E-state index contributed by atoms with van der Waals surface area (Å²) in [4.78, 5) is 11.4. The SMILES string of the molecule is CCC(=O)C(C)COCc1ccc(OC(C)C)cc1. The normalized spacial score (nSPS) is 12.5. The van der Waals surface area contributed by atoms with E-state index in [1.807, 2.05) is 52.0 Å². The van der Waals surface area contributed by atoms with Gasteiger partial charge >= 0.3 is 0 Å². The van der Waals surface area contributed by atoms with Crippen molar-refractivity contribution in [2.75, 3.05) is 6.61 Å². The van der Waals surface area contributed by atoms with Crippen molar-refractivity contribution in [3.8, 4) is 5.75 Å². The van der Waals surface area contributed by atoms with Crippen molar-refractivity contribution in [2.45, 2.75) is 46.8 Å². The summed E-state index contributed by atoms with van der Waals surface area (Å²) in [6.07, 6.45) is 0.759. The van der Waals surface area contributed by atoms with Crippen LogP contribution in [-0.2, 0) is 16.1 Å². The first kappa shape index (κ1) is 15.7. The lowest BCUT2D eigenvalue weighted by Gasteiger charge is -2.12. The van der Waals surface area contributed by atoms with Crippen molar-refractivity contribution < 1.29 is 14.3 Å². The maximum atomic E-state index is 11.4. The van der Waals surface area contributed by atoms with E-state index in [1.54, 1.807) is 0 Å². The minimum absolute atomic E-state index is 0.0199. The quantitative estimate of drug-likeness (QED) is 0.719. The first-order valence-electron chi connectivity index (χ1n) is 6.89. The van der Waals surface area contributed by atoms with Crippen molar-refractivity contribution in [2.24, 2.45) is 5.92 Å². The Morgan fingerprint density at radius 3 is 2.32 bits per heavy atom. The fraction of sp³-hybridized carbons (Fsp3) is 0.562. The average molecular weight is 264 g/mol. The molecule has 0 radical (unpaired) electrons. The van der Waals surface area contributed by atoms with Crippen LogP contribution in [0.2, 0.25) is 0 Å². The Kier molecular flexibility index (Phi) is 6.57. The predicted octanol–water partition coefficient (Wildman–Crippen LogP) is 3.61. The van der Waals surface area contributed by atoms with Crippen LogP contribution in [0.3, 0.4) is 0 Å². The molecule has 19 heavy (non-hydrogen) atoms. The third-order valence-electron chi connectivity index (χ3n) is 2.83. The van der Waals surface area contributed by atoms with Crippen LogP contribution in [0.5, 0.6) is 5.75 Å². The summed E-state index contributed by atoms with van der Waals surface area (Å²) in [5.41, 5.74) is 1.09. The standard InChI is InChI=1S/C16H24O3/c1-5-16(17)13(4)10-18-11-14-6-8-15(9-7-14)19-12(2)3/h6-9,12-13H,5,10-11H2,1-4H3. The Hall–Kier alpha value is -1.35. The molecule has 1 atom stereocenters. The second-order valence-electron chi connectivity index (χ2n) is 5.05. The van der Waals surface area contributed by atoms with E-state index in [4.69, 9.17) is 9.47 Å². The van der Waals surface area contributed by atoms with Gasteiger partial charge in [-0.3, -0.25) is 4.79 Å². The average Bonchev–Trinajstić information content (AvgIpc) is 2.39. The van der Waals surface area contributed by atoms with E-state index in [-0.39, 0.29) is 17.8 Å². The molecule has 106 valence electrons. The molecule has 0 saturated heterocycles. The van der Waals surface area contributed by atoms with Gasteiger partial charge in [-0.05, 0) is 31.5 Å². The molecule has 1 aromatic rings. The number of rotatable bonds is 8. The number of carbonyl (C=O) groups excluding carboxylic acids is 1. The van der Waals surface area contributed by atoms with E-state index in [2.05, 4.69) is 0 Å². The monoisotopic (exact) mass is 264 g/mol. The number of benzene rings is 1. The third-order valence-corrected chi connectivity index (χ3v) is 2.83. The summed E-state index contributed by atoms with van der Waals surface area (Å²) < 4.78 is 11.1. The summed E-state index contributed by atoms with van der Waals surface area (Å²) in [5, 5.41) is 0. The van der Waals surface area contributed by atoms with Crippen LogP contribution in [0.1, 0.15) is 39.7 Å². The van der Waals surface area contributed by atoms with Gasteiger partial charge in [0.2, 0.25) is 0 Å². The second kappa shape index (κ2) is 7.95. The van der Waals surface area contributed by atoms with Crippen LogP contribution >= 0.6 is 0 Å².